The first-order valence-corrected chi connectivity index (χ1v) is 4.46. The second-order valence-electron chi connectivity index (χ2n) is 3.12. The average Bonchev–Trinajstić information content (AvgIpc) is 2.64. The molecule has 72 valence electrons. The molecule has 1 aromatic heterocycles. The van der Waals surface area contributed by atoms with Gasteiger partial charge < -0.3 is 4.74 Å². The Morgan fingerprint density at radius 1 is 1.29 bits per heavy atom. The van der Waals surface area contributed by atoms with Crippen LogP contribution < -0.4 is 4.74 Å². The second-order valence-corrected chi connectivity index (χ2v) is 3.12. The van der Waals surface area contributed by atoms with Crippen molar-refractivity contribution in [2.24, 2.45) is 0 Å². The maximum absolute atomic E-state index is 5.27. The zero-order valence-corrected chi connectivity index (χ0v) is 8.24. The van der Waals surface area contributed by atoms with Crippen molar-refractivity contribution in [3.05, 3.63) is 36.0 Å². The third-order valence-corrected chi connectivity index (χ3v) is 2.19. The average molecular weight is 188 g/mol. The molecule has 0 fully saturated rings. The number of aryl methyl sites for hydroxylation is 1. The number of aromatic nitrogens is 2. The van der Waals surface area contributed by atoms with Crippen LogP contribution >= 0.6 is 0 Å². The van der Waals surface area contributed by atoms with Gasteiger partial charge in [-0.15, -0.1) is 0 Å². The minimum Gasteiger partial charge on any atom is -0.496 e. The topological polar surface area (TPSA) is 37.9 Å². The van der Waals surface area contributed by atoms with Gasteiger partial charge in [0.15, 0.2) is 0 Å². The summed E-state index contributed by atoms with van der Waals surface area (Å²) >= 11 is 0. The van der Waals surface area contributed by atoms with E-state index in [1.165, 1.54) is 0 Å². The number of aromatic amines is 1. The summed E-state index contributed by atoms with van der Waals surface area (Å²) < 4.78 is 5.27. The van der Waals surface area contributed by atoms with E-state index in [1.807, 2.05) is 37.4 Å². The first kappa shape index (κ1) is 8.81. The van der Waals surface area contributed by atoms with Crippen LogP contribution in [-0.4, -0.2) is 17.3 Å². The summed E-state index contributed by atoms with van der Waals surface area (Å²) in [6.07, 6.45) is 1.88. The predicted octanol–water partition coefficient (Wildman–Crippen LogP) is 2.39. The molecule has 0 saturated carbocycles. The molecule has 0 unspecified atom stereocenters. The fourth-order valence-corrected chi connectivity index (χ4v) is 1.46. The lowest BCUT2D eigenvalue weighted by atomic mass is 10.1. The molecule has 3 heteroatoms. The summed E-state index contributed by atoms with van der Waals surface area (Å²) in [4.78, 5) is 0. The number of para-hydroxylation sites is 1. The first-order chi connectivity index (χ1) is 6.83. The summed E-state index contributed by atoms with van der Waals surface area (Å²) in [5, 5.41) is 7.03. The highest BCUT2D eigenvalue weighted by molar-refractivity contribution is 5.69. The van der Waals surface area contributed by atoms with Crippen molar-refractivity contribution in [2.75, 3.05) is 7.11 Å². The van der Waals surface area contributed by atoms with Crippen molar-refractivity contribution in [1.82, 2.24) is 10.2 Å². The van der Waals surface area contributed by atoms with Crippen molar-refractivity contribution in [3.63, 3.8) is 0 Å². The minimum atomic E-state index is 0.850. The highest BCUT2D eigenvalue weighted by Gasteiger charge is 2.09. The summed E-state index contributed by atoms with van der Waals surface area (Å²) in [7, 11) is 1.67. The molecule has 0 atom stereocenters. The van der Waals surface area contributed by atoms with Gasteiger partial charge in [0.2, 0.25) is 0 Å². The highest BCUT2D eigenvalue weighted by atomic mass is 16.5. The van der Waals surface area contributed by atoms with Crippen LogP contribution in [0, 0.1) is 6.92 Å². The Balaban J connectivity index is 2.56. The van der Waals surface area contributed by atoms with E-state index in [4.69, 9.17) is 4.74 Å². The Morgan fingerprint density at radius 2 is 2.07 bits per heavy atom. The number of H-pyrrole nitrogens is 1. The quantitative estimate of drug-likeness (QED) is 0.785. The van der Waals surface area contributed by atoms with Gasteiger partial charge in [0.1, 0.15) is 5.75 Å². The van der Waals surface area contributed by atoms with Gasteiger partial charge in [-0.2, -0.15) is 5.10 Å². The minimum absolute atomic E-state index is 0.850. The third kappa shape index (κ3) is 1.37. The van der Waals surface area contributed by atoms with E-state index in [0.29, 0.717) is 0 Å². The number of hydrogen-bond donors (Lipinski definition) is 1. The Hall–Kier alpha value is -1.77. The molecule has 1 N–H and O–H groups in total. The Morgan fingerprint density at radius 3 is 2.71 bits per heavy atom. The number of ether oxygens (including phenoxy) is 1. The van der Waals surface area contributed by atoms with Gasteiger partial charge in [-0.3, -0.25) is 5.10 Å². The molecule has 2 rings (SSSR count). The van der Waals surface area contributed by atoms with Crippen LogP contribution in [0.15, 0.2) is 30.5 Å². The molecule has 0 aliphatic heterocycles. The van der Waals surface area contributed by atoms with E-state index in [1.54, 1.807) is 7.11 Å². The number of methoxy groups -OCH3 is 1. The largest absolute Gasteiger partial charge is 0.496 e. The number of nitrogens with one attached hydrogen (secondary N) is 1. The zero-order chi connectivity index (χ0) is 9.97. The molecule has 0 bridgehead atoms. The zero-order valence-electron chi connectivity index (χ0n) is 8.24. The van der Waals surface area contributed by atoms with Gasteiger partial charge in [-0.1, -0.05) is 12.1 Å². The van der Waals surface area contributed by atoms with Gasteiger partial charge in [0.25, 0.3) is 0 Å². The van der Waals surface area contributed by atoms with Crippen molar-refractivity contribution >= 4 is 0 Å². The Labute approximate surface area is 82.7 Å². The van der Waals surface area contributed by atoms with Gasteiger partial charge in [0.05, 0.1) is 12.8 Å². The van der Waals surface area contributed by atoms with Gasteiger partial charge >= 0.3 is 0 Å². The lowest BCUT2D eigenvalue weighted by molar-refractivity contribution is 0.416. The van der Waals surface area contributed by atoms with E-state index in [0.717, 1.165) is 22.6 Å². The molecule has 0 aliphatic rings. The van der Waals surface area contributed by atoms with E-state index >= 15 is 0 Å². The van der Waals surface area contributed by atoms with Crippen molar-refractivity contribution < 1.29 is 4.74 Å². The molecule has 0 amide bonds. The highest BCUT2D eigenvalue weighted by Crippen LogP contribution is 2.29. The Bertz CT molecular complexity index is 434. The number of hydrogen-bond acceptors (Lipinski definition) is 2. The van der Waals surface area contributed by atoms with E-state index in [9.17, 15) is 0 Å². The maximum Gasteiger partial charge on any atom is 0.128 e. The summed E-state index contributed by atoms with van der Waals surface area (Å²) in [6.45, 7) is 2.02. The molecule has 3 nitrogen and oxygen atoms in total. The fourth-order valence-electron chi connectivity index (χ4n) is 1.46. The van der Waals surface area contributed by atoms with Crippen molar-refractivity contribution in [2.45, 2.75) is 6.92 Å². The summed E-state index contributed by atoms with van der Waals surface area (Å²) in [5.41, 5.74) is 3.09. The van der Waals surface area contributed by atoms with Crippen LogP contribution in [0.5, 0.6) is 5.75 Å². The maximum atomic E-state index is 5.27. The first-order valence-electron chi connectivity index (χ1n) is 4.46. The molecule has 2 aromatic rings. The van der Waals surface area contributed by atoms with Gasteiger partial charge in [0, 0.05) is 11.8 Å². The molecule has 0 radical (unpaired) electrons. The molecule has 0 aliphatic carbocycles. The molecule has 1 aromatic carbocycles. The molecule has 0 saturated heterocycles. The number of benzene rings is 1. The van der Waals surface area contributed by atoms with Crippen LogP contribution in [0.2, 0.25) is 0 Å². The SMILES string of the molecule is COc1ccccc1-c1n[nH]cc1C. The molecular formula is C11H12N2O. The van der Waals surface area contributed by atoms with Gasteiger partial charge in [-0.25, -0.2) is 0 Å². The molecule has 14 heavy (non-hydrogen) atoms. The predicted molar refractivity (Wildman–Crippen MR) is 55.3 cm³/mol. The number of nitrogens with zero attached hydrogens (tertiary/aromatic N) is 1. The van der Waals surface area contributed by atoms with E-state index < -0.39 is 0 Å². The number of rotatable bonds is 2. The van der Waals surface area contributed by atoms with Crippen LogP contribution in [-0.2, 0) is 0 Å². The third-order valence-electron chi connectivity index (χ3n) is 2.19. The summed E-state index contributed by atoms with van der Waals surface area (Å²) in [6, 6.07) is 7.86. The molecule has 1 heterocycles. The van der Waals surface area contributed by atoms with E-state index in [-0.39, 0.29) is 0 Å². The van der Waals surface area contributed by atoms with Crippen LogP contribution in [0.3, 0.4) is 0 Å². The molecule has 0 spiro atoms. The second kappa shape index (κ2) is 3.54. The van der Waals surface area contributed by atoms with E-state index in [2.05, 4.69) is 10.2 Å². The Kier molecular flexibility index (Phi) is 2.23. The molecular weight excluding hydrogens is 176 g/mol. The fraction of sp³-hybridized carbons (Fsp3) is 0.182. The standard InChI is InChI=1S/C11H12N2O/c1-8-7-12-13-11(8)9-5-3-4-6-10(9)14-2/h3-7H,1-2H3,(H,12,13). The van der Waals surface area contributed by atoms with Crippen LogP contribution in [0.4, 0.5) is 0 Å². The smallest absolute Gasteiger partial charge is 0.128 e. The monoisotopic (exact) mass is 188 g/mol. The lowest BCUT2D eigenvalue weighted by Crippen LogP contribution is -1.88. The van der Waals surface area contributed by atoms with Crippen LogP contribution in [0.1, 0.15) is 5.56 Å². The van der Waals surface area contributed by atoms with Crippen molar-refractivity contribution in [1.29, 1.82) is 0 Å². The van der Waals surface area contributed by atoms with Gasteiger partial charge in [-0.05, 0) is 24.6 Å². The van der Waals surface area contributed by atoms with Crippen molar-refractivity contribution in [3.8, 4) is 17.0 Å². The summed E-state index contributed by atoms with van der Waals surface area (Å²) in [5.74, 6) is 0.850. The van der Waals surface area contributed by atoms with Crippen LogP contribution in [0.25, 0.3) is 11.3 Å². The normalized spacial score (nSPS) is 10.1. The lowest BCUT2D eigenvalue weighted by Gasteiger charge is -2.05.